The molecule has 2 bridgehead atoms. The van der Waals surface area contributed by atoms with Crippen LogP contribution in [0.1, 0.15) is 6.42 Å². The van der Waals surface area contributed by atoms with Crippen LogP contribution < -0.4 is 10.6 Å². The number of hydrogen-bond donors (Lipinski definition) is 3. The van der Waals surface area contributed by atoms with E-state index in [9.17, 15) is 19.5 Å². The molecule has 1 saturated carbocycles. The van der Waals surface area contributed by atoms with Gasteiger partial charge in [-0.05, 0) is 18.3 Å². The van der Waals surface area contributed by atoms with Gasteiger partial charge in [0.15, 0.2) is 0 Å². The maximum atomic E-state index is 12.2. The number of carboxylic acids is 1. The van der Waals surface area contributed by atoms with E-state index in [0.717, 1.165) is 0 Å². The molecule has 4 unspecified atom stereocenters. The number of nitrogens with one attached hydrogen (secondary N) is 2. The minimum absolute atomic E-state index is 0.0346. The molecular formula is C14H20N2O5. The molecule has 0 radical (unpaired) electrons. The number of carbonyl (C=O) groups excluding carboxylic acids is 2. The molecule has 21 heavy (non-hydrogen) atoms. The van der Waals surface area contributed by atoms with Gasteiger partial charge in [-0.15, -0.1) is 0 Å². The lowest BCUT2D eigenvalue weighted by Crippen LogP contribution is -2.44. The number of aliphatic carboxylic acids is 1. The van der Waals surface area contributed by atoms with Gasteiger partial charge in [0.25, 0.3) is 0 Å². The van der Waals surface area contributed by atoms with Gasteiger partial charge >= 0.3 is 5.97 Å². The predicted molar refractivity (Wildman–Crippen MR) is 73.2 cm³/mol. The standard InChI is InChI=1S/C14H20N2O5/c1-21-5-4-15-10(17)7-16-13(18)11-8-2-3-9(6-8)12(11)14(19)20/h2-3,8-9,11-12H,4-7H2,1H3,(H,15,17)(H,16,18)(H,19,20). The van der Waals surface area contributed by atoms with Crippen molar-refractivity contribution in [1.82, 2.24) is 10.6 Å². The summed E-state index contributed by atoms with van der Waals surface area (Å²) in [5, 5.41) is 14.4. The number of ether oxygens (including phenoxy) is 1. The lowest BCUT2D eigenvalue weighted by atomic mass is 9.82. The molecule has 0 aromatic carbocycles. The Balaban J connectivity index is 1.84. The summed E-state index contributed by atoms with van der Waals surface area (Å²) in [6.07, 6.45) is 4.49. The van der Waals surface area contributed by atoms with Gasteiger partial charge in [0.1, 0.15) is 0 Å². The molecule has 4 atom stereocenters. The van der Waals surface area contributed by atoms with E-state index in [1.54, 1.807) is 0 Å². The van der Waals surface area contributed by atoms with Crippen LogP contribution >= 0.6 is 0 Å². The van der Waals surface area contributed by atoms with Crippen LogP contribution in [0.15, 0.2) is 12.2 Å². The molecule has 7 nitrogen and oxygen atoms in total. The van der Waals surface area contributed by atoms with Crippen molar-refractivity contribution in [3.05, 3.63) is 12.2 Å². The highest BCUT2D eigenvalue weighted by molar-refractivity contribution is 5.89. The highest BCUT2D eigenvalue weighted by Gasteiger charge is 2.51. The van der Waals surface area contributed by atoms with Crippen molar-refractivity contribution in [3.63, 3.8) is 0 Å². The quantitative estimate of drug-likeness (QED) is 0.429. The summed E-state index contributed by atoms with van der Waals surface area (Å²) in [4.78, 5) is 35.0. The molecule has 0 heterocycles. The number of carbonyl (C=O) groups is 3. The number of methoxy groups -OCH3 is 1. The summed E-state index contributed by atoms with van der Waals surface area (Å²) in [7, 11) is 1.53. The second-order valence-electron chi connectivity index (χ2n) is 5.40. The Hall–Kier alpha value is -1.89. The molecule has 0 aromatic heterocycles. The van der Waals surface area contributed by atoms with E-state index in [4.69, 9.17) is 4.74 Å². The second-order valence-corrected chi connectivity index (χ2v) is 5.40. The smallest absolute Gasteiger partial charge is 0.307 e. The van der Waals surface area contributed by atoms with Crippen LogP contribution in [0, 0.1) is 23.7 Å². The minimum Gasteiger partial charge on any atom is -0.481 e. The van der Waals surface area contributed by atoms with Crippen molar-refractivity contribution in [1.29, 1.82) is 0 Å². The molecule has 0 saturated heterocycles. The maximum absolute atomic E-state index is 12.2. The fourth-order valence-electron chi connectivity index (χ4n) is 3.16. The average molecular weight is 296 g/mol. The van der Waals surface area contributed by atoms with Crippen LogP contribution in [0.3, 0.4) is 0 Å². The first-order chi connectivity index (χ1) is 10.0. The van der Waals surface area contributed by atoms with Gasteiger partial charge in [-0.1, -0.05) is 12.2 Å². The summed E-state index contributed by atoms with van der Waals surface area (Å²) in [5.74, 6) is -2.99. The molecule has 3 N–H and O–H groups in total. The molecule has 0 spiro atoms. The van der Waals surface area contributed by atoms with Crippen LogP contribution in [0.25, 0.3) is 0 Å². The van der Waals surface area contributed by atoms with Gasteiger partial charge in [-0.2, -0.15) is 0 Å². The summed E-state index contributed by atoms with van der Waals surface area (Å²) < 4.78 is 4.80. The number of allylic oxidation sites excluding steroid dienone is 2. The Labute approximate surface area is 122 Å². The van der Waals surface area contributed by atoms with E-state index >= 15 is 0 Å². The molecule has 2 amide bonds. The number of fused-ring (bicyclic) bond motifs is 2. The molecule has 7 heteroatoms. The van der Waals surface area contributed by atoms with Gasteiger partial charge in [0.2, 0.25) is 11.8 Å². The lowest BCUT2D eigenvalue weighted by molar-refractivity contribution is -0.147. The Morgan fingerprint density at radius 2 is 1.86 bits per heavy atom. The molecule has 2 aliphatic carbocycles. The third kappa shape index (κ3) is 3.41. The van der Waals surface area contributed by atoms with Crippen LogP contribution in [-0.4, -0.2) is 49.7 Å². The van der Waals surface area contributed by atoms with Crippen LogP contribution in [0.5, 0.6) is 0 Å². The summed E-state index contributed by atoms with van der Waals surface area (Å²) in [5.41, 5.74) is 0. The van der Waals surface area contributed by atoms with E-state index in [1.807, 2.05) is 12.2 Å². The highest BCUT2D eigenvalue weighted by atomic mass is 16.5. The van der Waals surface area contributed by atoms with E-state index in [0.29, 0.717) is 19.6 Å². The van der Waals surface area contributed by atoms with Gasteiger partial charge in [0, 0.05) is 13.7 Å². The van der Waals surface area contributed by atoms with Crippen LogP contribution in [0.2, 0.25) is 0 Å². The Kier molecular flexibility index (Phi) is 4.95. The first-order valence-electron chi connectivity index (χ1n) is 6.99. The van der Waals surface area contributed by atoms with E-state index < -0.39 is 17.8 Å². The molecular weight excluding hydrogens is 276 g/mol. The molecule has 0 aromatic rings. The number of carboxylic acid groups (broad SMARTS) is 1. The molecule has 1 fully saturated rings. The van der Waals surface area contributed by atoms with Crippen LogP contribution in [0.4, 0.5) is 0 Å². The first kappa shape index (κ1) is 15.5. The zero-order chi connectivity index (χ0) is 15.4. The molecule has 0 aliphatic heterocycles. The van der Waals surface area contributed by atoms with E-state index in [2.05, 4.69) is 10.6 Å². The van der Waals surface area contributed by atoms with Crippen molar-refractivity contribution in [2.24, 2.45) is 23.7 Å². The molecule has 2 aliphatic rings. The van der Waals surface area contributed by atoms with E-state index in [-0.39, 0.29) is 30.2 Å². The Morgan fingerprint density at radius 1 is 1.19 bits per heavy atom. The SMILES string of the molecule is COCCNC(=O)CNC(=O)C1C2C=CC(C2)C1C(=O)O. The van der Waals surface area contributed by atoms with Crippen molar-refractivity contribution < 1.29 is 24.2 Å². The highest BCUT2D eigenvalue weighted by Crippen LogP contribution is 2.48. The van der Waals surface area contributed by atoms with Gasteiger partial charge in [0.05, 0.1) is 25.0 Å². The lowest BCUT2D eigenvalue weighted by Gasteiger charge is -2.23. The van der Waals surface area contributed by atoms with Gasteiger partial charge < -0.3 is 20.5 Å². The fraction of sp³-hybridized carbons (Fsp3) is 0.643. The second kappa shape index (κ2) is 6.71. The van der Waals surface area contributed by atoms with Crippen molar-refractivity contribution in [3.8, 4) is 0 Å². The van der Waals surface area contributed by atoms with Crippen molar-refractivity contribution >= 4 is 17.8 Å². The molecule has 2 rings (SSSR count). The monoisotopic (exact) mass is 296 g/mol. The third-order valence-electron chi connectivity index (χ3n) is 4.10. The minimum atomic E-state index is -0.948. The third-order valence-corrected chi connectivity index (χ3v) is 4.10. The fourth-order valence-corrected chi connectivity index (χ4v) is 3.16. The van der Waals surface area contributed by atoms with Crippen molar-refractivity contribution in [2.75, 3.05) is 26.8 Å². The van der Waals surface area contributed by atoms with Gasteiger partial charge in [-0.25, -0.2) is 0 Å². The summed E-state index contributed by atoms with van der Waals surface area (Å²) in [6, 6.07) is 0. The van der Waals surface area contributed by atoms with Crippen LogP contribution in [-0.2, 0) is 19.1 Å². The molecule has 116 valence electrons. The van der Waals surface area contributed by atoms with Gasteiger partial charge in [-0.3, -0.25) is 14.4 Å². The Bertz CT molecular complexity index is 462. The Morgan fingerprint density at radius 3 is 2.48 bits per heavy atom. The number of hydrogen-bond acceptors (Lipinski definition) is 4. The predicted octanol–water partition coefficient (Wildman–Crippen LogP) is -0.612. The largest absolute Gasteiger partial charge is 0.481 e. The van der Waals surface area contributed by atoms with E-state index in [1.165, 1.54) is 7.11 Å². The zero-order valence-corrected chi connectivity index (χ0v) is 11.9. The number of rotatable bonds is 7. The number of amides is 2. The zero-order valence-electron chi connectivity index (χ0n) is 11.9. The summed E-state index contributed by atoms with van der Waals surface area (Å²) in [6.45, 7) is 0.629. The maximum Gasteiger partial charge on any atom is 0.307 e. The average Bonchev–Trinajstić information content (AvgIpc) is 3.05. The first-order valence-corrected chi connectivity index (χ1v) is 6.99. The summed E-state index contributed by atoms with van der Waals surface area (Å²) >= 11 is 0. The topological polar surface area (TPSA) is 105 Å². The van der Waals surface area contributed by atoms with Crippen molar-refractivity contribution in [2.45, 2.75) is 6.42 Å². The normalized spacial score (nSPS) is 29.4.